The van der Waals surface area contributed by atoms with E-state index in [0.29, 0.717) is 33.9 Å². The number of nitrogens with zero attached hydrogens (tertiary/aromatic N) is 2. The van der Waals surface area contributed by atoms with E-state index in [2.05, 4.69) is 4.98 Å². The molecule has 0 unspecified atom stereocenters. The Labute approximate surface area is 160 Å². The first-order chi connectivity index (χ1) is 13.5. The Morgan fingerprint density at radius 1 is 1.07 bits per heavy atom. The predicted octanol–water partition coefficient (Wildman–Crippen LogP) is 3.89. The van der Waals surface area contributed by atoms with Crippen molar-refractivity contribution in [3.8, 4) is 34.1 Å². The van der Waals surface area contributed by atoms with Gasteiger partial charge in [0.05, 0.1) is 31.0 Å². The van der Waals surface area contributed by atoms with Gasteiger partial charge >= 0.3 is 0 Å². The van der Waals surface area contributed by atoms with Gasteiger partial charge in [0, 0.05) is 5.56 Å². The van der Waals surface area contributed by atoms with E-state index in [0.717, 1.165) is 10.3 Å². The number of benzene rings is 2. The molecule has 28 heavy (non-hydrogen) atoms. The number of methoxy groups -OCH3 is 2. The third-order valence-electron chi connectivity index (χ3n) is 4.66. The van der Waals surface area contributed by atoms with Crippen molar-refractivity contribution in [3.63, 3.8) is 0 Å². The van der Waals surface area contributed by atoms with Gasteiger partial charge in [-0.15, -0.1) is 0 Å². The Hall–Kier alpha value is -3.74. The second-order valence-corrected chi connectivity index (χ2v) is 6.23. The van der Waals surface area contributed by atoms with Gasteiger partial charge in [0.1, 0.15) is 17.4 Å². The molecule has 0 spiro atoms. The van der Waals surface area contributed by atoms with Crippen LogP contribution in [0.3, 0.4) is 0 Å². The van der Waals surface area contributed by atoms with Crippen molar-refractivity contribution < 1.29 is 19.1 Å². The Balaban J connectivity index is 1.89. The number of imidazole rings is 1. The fourth-order valence-corrected chi connectivity index (χ4v) is 3.16. The molecule has 7 heteroatoms. The standard InChI is InChI=1S/C21H18N2O5/c1-12-19(13-8-9-17(26-2)18(10-13)27-3)22-21(23(12)25)15-11-28-16-7-5-4-6-14(16)20(15)24/h4-11,25H,1-3H3. The summed E-state index contributed by atoms with van der Waals surface area (Å²) in [6.07, 6.45) is 1.32. The molecule has 4 rings (SSSR count). The van der Waals surface area contributed by atoms with E-state index in [4.69, 9.17) is 13.9 Å². The lowest BCUT2D eigenvalue weighted by molar-refractivity contribution is 0.184. The Morgan fingerprint density at radius 2 is 1.82 bits per heavy atom. The highest BCUT2D eigenvalue weighted by Crippen LogP contribution is 2.34. The van der Waals surface area contributed by atoms with Crippen molar-refractivity contribution in [3.05, 3.63) is 64.6 Å². The second kappa shape index (κ2) is 6.77. The SMILES string of the molecule is COc1ccc(-c2nc(-c3coc4ccccc4c3=O)n(O)c2C)cc1OC. The van der Waals surface area contributed by atoms with Gasteiger partial charge in [-0.05, 0) is 37.3 Å². The fourth-order valence-electron chi connectivity index (χ4n) is 3.16. The first-order valence-corrected chi connectivity index (χ1v) is 8.57. The zero-order chi connectivity index (χ0) is 19.8. The fraction of sp³-hybridized carbons (Fsp3) is 0.143. The minimum absolute atomic E-state index is 0.113. The van der Waals surface area contributed by atoms with Gasteiger partial charge in [-0.2, -0.15) is 4.73 Å². The summed E-state index contributed by atoms with van der Waals surface area (Å²) in [5.74, 6) is 1.24. The maximum absolute atomic E-state index is 12.9. The molecule has 0 atom stereocenters. The van der Waals surface area contributed by atoms with E-state index < -0.39 is 0 Å². The molecular formula is C21H18N2O5. The summed E-state index contributed by atoms with van der Waals surface area (Å²) < 4.78 is 17.0. The lowest BCUT2D eigenvalue weighted by Crippen LogP contribution is -2.08. The zero-order valence-corrected chi connectivity index (χ0v) is 15.6. The molecule has 0 aliphatic heterocycles. The maximum Gasteiger partial charge on any atom is 0.203 e. The number of para-hydroxylation sites is 1. The first kappa shape index (κ1) is 17.7. The maximum atomic E-state index is 12.9. The van der Waals surface area contributed by atoms with Crippen LogP contribution in [0.2, 0.25) is 0 Å². The van der Waals surface area contributed by atoms with Crippen molar-refractivity contribution in [2.45, 2.75) is 6.92 Å². The third-order valence-corrected chi connectivity index (χ3v) is 4.66. The monoisotopic (exact) mass is 378 g/mol. The van der Waals surface area contributed by atoms with Crippen LogP contribution in [0.5, 0.6) is 11.5 Å². The number of hydrogen-bond donors (Lipinski definition) is 1. The van der Waals surface area contributed by atoms with Crippen LogP contribution >= 0.6 is 0 Å². The molecule has 2 heterocycles. The molecule has 0 saturated carbocycles. The summed E-state index contributed by atoms with van der Waals surface area (Å²) in [6, 6.07) is 12.3. The van der Waals surface area contributed by atoms with Crippen LogP contribution in [0, 0.1) is 6.92 Å². The van der Waals surface area contributed by atoms with Crippen molar-refractivity contribution >= 4 is 11.0 Å². The minimum atomic E-state index is -0.263. The molecule has 0 amide bonds. The molecule has 2 aromatic heterocycles. The number of hydrogen-bond acceptors (Lipinski definition) is 6. The van der Waals surface area contributed by atoms with E-state index in [-0.39, 0.29) is 16.8 Å². The quantitative estimate of drug-likeness (QED) is 0.542. The highest BCUT2D eigenvalue weighted by molar-refractivity contribution is 5.81. The van der Waals surface area contributed by atoms with E-state index in [9.17, 15) is 10.0 Å². The minimum Gasteiger partial charge on any atom is -0.493 e. The Morgan fingerprint density at radius 3 is 2.57 bits per heavy atom. The Kier molecular flexibility index (Phi) is 4.27. The summed E-state index contributed by atoms with van der Waals surface area (Å²) in [6.45, 7) is 1.71. The van der Waals surface area contributed by atoms with Gasteiger partial charge in [-0.25, -0.2) is 4.98 Å². The molecule has 0 aliphatic carbocycles. The predicted molar refractivity (Wildman–Crippen MR) is 104 cm³/mol. The number of rotatable bonds is 4. The van der Waals surface area contributed by atoms with E-state index in [1.807, 2.05) is 6.07 Å². The van der Waals surface area contributed by atoms with Gasteiger partial charge in [-0.3, -0.25) is 4.79 Å². The highest BCUT2D eigenvalue weighted by atomic mass is 16.5. The molecule has 0 saturated heterocycles. The van der Waals surface area contributed by atoms with Crippen LogP contribution < -0.4 is 14.9 Å². The normalized spacial score (nSPS) is 11.0. The lowest BCUT2D eigenvalue weighted by Gasteiger charge is -2.08. The molecule has 4 aromatic rings. The van der Waals surface area contributed by atoms with Gasteiger partial charge < -0.3 is 19.1 Å². The van der Waals surface area contributed by atoms with Crippen LogP contribution in [0.25, 0.3) is 33.6 Å². The topological polar surface area (TPSA) is 86.7 Å². The molecule has 0 bridgehead atoms. The van der Waals surface area contributed by atoms with Crippen LogP contribution in [0.4, 0.5) is 0 Å². The summed E-state index contributed by atoms with van der Waals surface area (Å²) in [7, 11) is 3.10. The van der Waals surface area contributed by atoms with Crippen molar-refractivity contribution in [1.82, 2.24) is 9.71 Å². The lowest BCUT2D eigenvalue weighted by atomic mass is 10.1. The molecule has 142 valence electrons. The molecule has 0 fully saturated rings. The average molecular weight is 378 g/mol. The third kappa shape index (κ3) is 2.68. The largest absolute Gasteiger partial charge is 0.493 e. The Bertz CT molecular complexity index is 1240. The smallest absolute Gasteiger partial charge is 0.203 e. The average Bonchev–Trinajstić information content (AvgIpc) is 3.02. The van der Waals surface area contributed by atoms with E-state index in [1.54, 1.807) is 57.5 Å². The molecule has 7 nitrogen and oxygen atoms in total. The van der Waals surface area contributed by atoms with Crippen LogP contribution in [0.1, 0.15) is 5.69 Å². The van der Waals surface area contributed by atoms with Crippen molar-refractivity contribution in [2.75, 3.05) is 14.2 Å². The van der Waals surface area contributed by atoms with E-state index >= 15 is 0 Å². The van der Waals surface area contributed by atoms with Crippen LogP contribution in [-0.4, -0.2) is 29.1 Å². The van der Waals surface area contributed by atoms with Crippen LogP contribution in [-0.2, 0) is 0 Å². The van der Waals surface area contributed by atoms with Gasteiger partial charge in [0.2, 0.25) is 5.43 Å². The van der Waals surface area contributed by atoms with Crippen molar-refractivity contribution in [1.29, 1.82) is 0 Å². The molecule has 1 N–H and O–H groups in total. The summed E-state index contributed by atoms with van der Waals surface area (Å²) in [4.78, 5) is 17.4. The van der Waals surface area contributed by atoms with Gasteiger partial charge in [0.25, 0.3) is 0 Å². The summed E-state index contributed by atoms with van der Waals surface area (Å²) >= 11 is 0. The molecule has 2 aromatic carbocycles. The highest BCUT2D eigenvalue weighted by Gasteiger charge is 2.21. The second-order valence-electron chi connectivity index (χ2n) is 6.23. The molecule has 0 aliphatic rings. The summed E-state index contributed by atoms with van der Waals surface area (Å²) in [5.41, 5.74) is 2.11. The van der Waals surface area contributed by atoms with Crippen molar-refractivity contribution in [2.24, 2.45) is 0 Å². The summed E-state index contributed by atoms with van der Waals surface area (Å²) in [5, 5.41) is 11.0. The molecular weight excluding hydrogens is 360 g/mol. The molecule has 0 radical (unpaired) electrons. The van der Waals surface area contributed by atoms with Crippen LogP contribution in [0.15, 0.2) is 57.9 Å². The number of fused-ring (bicyclic) bond motifs is 1. The first-order valence-electron chi connectivity index (χ1n) is 8.57. The number of ether oxygens (including phenoxy) is 2. The zero-order valence-electron chi connectivity index (χ0n) is 15.6. The van der Waals surface area contributed by atoms with E-state index in [1.165, 1.54) is 6.26 Å². The number of aromatic nitrogens is 2. The van der Waals surface area contributed by atoms with Gasteiger partial charge in [-0.1, -0.05) is 12.1 Å². The van der Waals surface area contributed by atoms with Gasteiger partial charge in [0.15, 0.2) is 17.3 Å².